The Balaban J connectivity index is 1.60. The number of amides is 2. The van der Waals surface area contributed by atoms with Gasteiger partial charge in [0.15, 0.2) is 0 Å². The van der Waals surface area contributed by atoms with Gasteiger partial charge in [0, 0.05) is 30.2 Å². The zero-order valence-corrected chi connectivity index (χ0v) is 14.5. The van der Waals surface area contributed by atoms with Crippen molar-refractivity contribution in [2.75, 3.05) is 5.32 Å². The minimum absolute atomic E-state index is 0.0691. The highest BCUT2D eigenvalue weighted by Gasteiger charge is 2.29. The number of halogens is 1. The van der Waals surface area contributed by atoms with Crippen LogP contribution >= 0.6 is 11.6 Å². The summed E-state index contributed by atoms with van der Waals surface area (Å²) in [4.78, 5) is 34.1. The maximum atomic E-state index is 12.3. The van der Waals surface area contributed by atoms with E-state index >= 15 is 0 Å². The number of nitro groups is 1. The minimum atomic E-state index is -0.557. The molecule has 1 saturated carbocycles. The Morgan fingerprint density at radius 1 is 1.15 bits per heavy atom. The molecule has 1 fully saturated rings. The van der Waals surface area contributed by atoms with E-state index in [2.05, 4.69) is 10.6 Å². The smallest absolute Gasteiger partial charge is 0.271 e. The molecule has 7 nitrogen and oxygen atoms in total. The number of benzene rings is 2. The molecule has 134 valence electrons. The van der Waals surface area contributed by atoms with Gasteiger partial charge in [-0.3, -0.25) is 19.7 Å². The average Bonchev–Trinajstić information content (AvgIpc) is 3.46. The molecule has 0 unspecified atom stereocenters. The van der Waals surface area contributed by atoms with Gasteiger partial charge in [-0.15, -0.1) is 0 Å². The van der Waals surface area contributed by atoms with Crippen molar-refractivity contribution in [3.8, 4) is 0 Å². The summed E-state index contributed by atoms with van der Waals surface area (Å²) in [5, 5.41) is 16.3. The van der Waals surface area contributed by atoms with Crippen molar-refractivity contribution in [1.82, 2.24) is 5.32 Å². The molecule has 1 aliphatic carbocycles. The zero-order chi connectivity index (χ0) is 18.7. The summed E-state index contributed by atoms with van der Waals surface area (Å²) in [5.41, 5.74) is 1.45. The molecule has 3 rings (SSSR count). The maximum absolute atomic E-state index is 12.3. The fourth-order valence-corrected chi connectivity index (χ4v) is 2.59. The Bertz CT molecular complexity index is 863. The summed E-state index contributed by atoms with van der Waals surface area (Å²) in [7, 11) is 0. The summed E-state index contributed by atoms with van der Waals surface area (Å²) in [5.74, 6) is -0.152. The summed E-state index contributed by atoms with van der Waals surface area (Å²) >= 11 is 5.97. The van der Waals surface area contributed by atoms with Gasteiger partial charge >= 0.3 is 0 Å². The number of hydrogen-bond donors (Lipinski definition) is 2. The predicted molar refractivity (Wildman–Crippen MR) is 97.1 cm³/mol. The Morgan fingerprint density at radius 2 is 1.85 bits per heavy atom. The Hall–Kier alpha value is -2.93. The molecule has 2 aromatic carbocycles. The molecular weight excluding hydrogens is 358 g/mol. The molecule has 2 N–H and O–H groups in total. The first-order chi connectivity index (χ1) is 12.4. The van der Waals surface area contributed by atoms with Crippen LogP contribution < -0.4 is 10.6 Å². The molecule has 2 aromatic rings. The lowest BCUT2D eigenvalue weighted by molar-refractivity contribution is -0.384. The number of rotatable bonds is 6. The summed E-state index contributed by atoms with van der Waals surface area (Å²) in [6, 6.07) is 10.7. The highest BCUT2D eigenvalue weighted by molar-refractivity contribution is 6.34. The lowest BCUT2D eigenvalue weighted by atomic mass is 10.1. The average molecular weight is 374 g/mol. The second-order valence-electron chi connectivity index (χ2n) is 6.06. The van der Waals surface area contributed by atoms with Gasteiger partial charge in [0.05, 0.1) is 15.6 Å². The van der Waals surface area contributed by atoms with Gasteiger partial charge in [0.2, 0.25) is 5.91 Å². The molecule has 2 amide bonds. The lowest BCUT2D eigenvalue weighted by Crippen LogP contribution is -2.24. The first-order valence-electron chi connectivity index (χ1n) is 8.06. The quantitative estimate of drug-likeness (QED) is 0.597. The standard InChI is InChI=1S/C18H16ClN3O4/c19-15-9-14(22(25)26)7-8-16(15)21-18(24)13-3-1-11(2-4-13)10-20-17(23)12-5-6-12/h1-4,7-9,12H,5-6,10H2,(H,20,23)(H,21,24). The van der Waals surface area contributed by atoms with Crippen molar-refractivity contribution < 1.29 is 14.5 Å². The van der Waals surface area contributed by atoms with E-state index in [1.807, 2.05) is 0 Å². The van der Waals surface area contributed by atoms with Crippen LogP contribution in [0.1, 0.15) is 28.8 Å². The van der Waals surface area contributed by atoms with Crippen LogP contribution in [0.3, 0.4) is 0 Å². The molecule has 0 spiro atoms. The van der Waals surface area contributed by atoms with E-state index in [9.17, 15) is 19.7 Å². The topological polar surface area (TPSA) is 101 Å². The normalized spacial score (nSPS) is 13.1. The molecule has 0 radical (unpaired) electrons. The molecule has 26 heavy (non-hydrogen) atoms. The number of carbonyl (C=O) groups excluding carboxylic acids is 2. The summed E-state index contributed by atoms with van der Waals surface area (Å²) in [6.07, 6.45) is 1.91. The van der Waals surface area contributed by atoms with E-state index in [1.54, 1.807) is 24.3 Å². The SMILES string of the molecule is O=C(Nc1ccc([N+](=O)[O-])cc1Cl)c1ccc(CNC(=O)C2CC2)cc1. The molecule has 0 heterocycles. The maximum Gasteiger partial charge on any atom is 0.271 e. The van der Waals surface area contributed by atoms with E-state index in [0.717, 1.165) is 18.4 Å². The van der Waals surface area contributed by atoms with Gasteiger partial charge in [-0.2, -0.15) is 0 Å². The Kier molecular flexibility index (Phi) is 5.18. The third-order valence-electron chi connectivity index (χ3n) is 4.04. The van der Waals surface area contributed by atoms with Crippen molar-refractivity contribution in [1.29, 1.82) is 0 Å². The van der Waals surface area contributed by atoms with E-state index in [4.69, 9.17) is 11.6 Å². The van der Waals surface area contributed by atoms with E-state index in [1.165, 1.54) is 18.2 Å². The van der Waals surface area contributed by atoms with Crippen molar-refractivity contribution >= 4 is 34.8 Å². The number of hydrogen-bond acceptors (Lipinski definition) is 4. The van der Waals surface area contributed by atoms with Crippen LogP contribution in [0.2, 0.25) is 5.02 Å². The number of nitro benzene ring substituents is 1. The number of carbonyl (C=O) groups is 2. The second-order valence-corrected chi connectivity index (χ2v) is 6.47. The van der Waals surface area contributed by atoms with Crippen LogP contribution in [-0.4, -0.2) is 16.7 Å². The van der Waals surface area contributed by atoms with Crippen LogP contribution in [0.25, 0.3) is 0 Å². The highest BCUT2D eigenvalue weighted by Crippen LogP contribution is 2.29. The number of nitrogens with one attached hydrogen (secondary N) is 2. The zero-order valence-electron chi connectivity index (χ0n) is 13.7. The molecule has 1 aliphatic rings. The monoisotopic (exact) mass is 373 g/mol. The van der Waals surface area contributed by atoms with E-state index in [-0.39, 0.29) is 28.4 Å². The lowest BCUT2D eigenvalue weighted by Gasteiger charge is -2.08. The van der Waals surface area contributed by atoms with Crippen molar-refractivity contribution in [2.24, 2.45) is 5.92 Å². The van der Waals surface area contributed by atoms with Gasteiger partial charge in [-0.25, -0.2) is 0 Å². The van der Waals surface area contributed by atoms with Gasteiger partial charge in [-0.05, 0) is 36.6 Å². The number of anilines is 1. The molecule has 0 bridgehead atoms. The van der Waals surface area contributed by atoms with Crippen molar-refractivity contribution in [3.05, 3.63) is 68.7 Å². The first-order valence-corrected chi connectivity index (χ1v) is 8.44. The van der Waals surface area contributed by atoms with Crippen LogP contribution in [0.5, 0.6) is 0 Å². The minimum Gasteiger partial charge on any atom is -0.352 e. The largest absolute Gasteiger partial charge is 0.352 e. The Labute approximate surface area is 154 Å². The fourth-order valence-electron chi connectivity index (χ4n) is 2.37. The van der Waals surface area contributed by atoms with Gasteiger partial charge in [0.1, 0.15) is 0 Å². The summed E-state index contributed by atoms with van der Waals surface area (Å²) < 4.78 is 0. The summed E-state index contributed by atoms with van der Waals surface area (Å²) in [6.45, 7) is 0.422. The number of nitrogens with zero attached hydrogens (tertiary/aromatic N) is 1. The van der Waals surface area contributed by atoms with Crippen LogP contribution in [0.15, 0.2) is 42.5 Å². The van der Waals surface area contributed by atoms with Crippen LogP contribution in [0.4, 0.5) is 11.4 Å². The molecule has 0 aromatic heterocycles. The van der Waals surface area contributed by atoms with E-state index < -0.39 is 4.92 Å². The Morgan fingerprint density at radius 3 is 2.42 bits per heavy atom. The van der Waals surface area contributed by atoms with Crippen molar-refractivity contribution in [3.63, 3.8) is 0 Å². The number of non-ortho nitro benzene ring substituents is 1. The molecule has 0 saturated heterocycles. The molecule has 8 heteroatoms. The fraction of sp³-hybridized carbons (Fsp3) is 0.222. The molecule has 0 aliphatic heterocycles. The van der Waals surface area contributed by atoms with Gasteiger partial charge < -0.3 is 10.6 Å². The van der Waals surface area contributed by atoms with Gasteiger partial charge in [-0.1, -0.05) is 23.7 Å². The third kappa shape index (κ3) is 4.37. The van der Waals surface area contributed by atoms with Crippen LogP contribution in [0, 0.1) is 16.0 Å². The van der Waals surface area contributed by atoms with E-state index in [0.29, 0.717) is 17.8 Å². The third-order valence-corrected chi connectivity index (χ3v) is 4.36. The highest BCUT2D eigenvalue weighted by atomic mass is 35.5. The van der Waals surface area contributed by atoms with Crippen molar-refractivity contribution in [2.45, 2.75) is 19.4 Å². The van der Waals surface area contributed by atoms with Crippen LogP contribution in [-0.2, 0) is 11.3 Å². The first kappa shape index (κ1) is 17.9. The molecular formula is C18H16ClN3O4. The second kappa shape index (κ2) is 7.53. The molecule has 0 atom stereocenters. The van der Waals surface area contributed by atoms with Gasteiger partial charge in [0.25, 0.3) is 11.6 Å². The predicted octanol–water partition coefficient (Wildman–Crippen LogP) is 3.53.